The first-order valence-corrected chi connectivity index (χ1v) is 7.09. The highest BCUT2D eigenvalue weighted by molar-refractivity contribution is 5.97. The average molecular weight is 336 g/mol. The molecule has 0 saturated carbocycles. The number of amides is 2. The molecule has 3 N–H and O–H groups in total. The first kappa shape index (κ1) is 17.5. The summed E-state index contributed by atoms with van der Waals surface area (Å²) < 4.78 is 39.1. The van der Waals surface area contributed by atoms with Crippen LogP contribution in [0.3, 0.4) is 0 Å². The molecule has 7 heteroatoms. The van der Waals surface area contributed by atoms with Crippen molar-refractivity contribution in [2.24, 2.45) is 5.73 Å². The molecule has 2 aromatic carbocycles. The molecular formula is C17H15F3N2O2. The van der Waals surface area contributed by atoms with Crippen molar-refractivity contribution in [3.8, 4) is 0 Å². The van der Waals surface area contributed by atoms with Gasteiger partial charge in [0.05, 0.1) is 5.56 Å². The molecule has 24 heavy (non-hydrogen) atoms. The second-order valence-corrected chi connectivity index (χ2v) is 5.15. The normalized spacial score (nSPS) is 12.5. The lowest BCUT2D eigenvalue weighted by atomic mass is 9.99. The van der Waals surface area contributed by atoms with E-state index in [1.54, 1.807) is 18.2 Å². The Bertz CT molecular complexity index is 730. The highest BCUT2D eigenvalue weighted by Crippen LogP contribution is 2.32. The Balaban J connectivity index is 2.22. The third kappa shape index (κ3) is 4.34. The Morgan fingerprint density at radius 1 is 1.00 bits per heavy atom. The summed E-state index contributed by atoms with van der Waals surface area (Å²) in [7, 11) is 0. The molecule has 0 heterocycles. The Labute approximate surface area is 136 Å². The number of rotatable bonds is 5. The van der Waals surface area contributed by atoms with Crippen LogP contribution < -0.4 is 11.1 Å². The van der Waals surface area contributed by atoms with Gasteiger partial charge in [-0.05, 0) is 23.8 Å². The predicted octanol–water partition coefficient (Wildman–Crippen LogP) is 2.53. The lowest BCUT2D eigenvalue weighted by molar-refractivity contribution is -0.138. The van der Waals surface area contributed by atoms with Gasteiger partial charge in [0.1, 0.15) is 6.04 Å². The molecule has 0 unspecified atom stereocenters. The molecule has 0 aliphatic rings. The van der Waals surface area contributed by atoms with Crippen molar-refractivity contribution in [1.82, 2.24) is 5.32 Å². The van der Waals surface area contributed by atoms with Gasteiger partial charge in [0.15, 0.2) is 0 Å². The zero-order valence-electron chi connectivity index (χ0n) is 12.5. The van der Waals surface area contributed by atoms with Crippen molar-refractivity contribution < 1.29 is 22.8 Å². The molecule has 126 valence electrons. The molecule has 1 atom stereocenters. The first-order valence-electron chi connectivity index (χ1n) is 7.09. The van der Waals surface area contributed by atoms with Gasteiger partial charge < -0.3 is 11.1 Å². The largest absolute Gasteiger partial charge is 0.416 e. The van der Waals surface area contributed by atoms with E-state index in [2.05, 4.69) is 5.32 Å². The Morgan fingerprint density at radius 3 is 2.17 bits per heavy atom. The van der Waals surface area contributed by atoms with Crippen LogP contribution in [0.2, 0.25) is 0 Å². The first-order chi connectivity index (χ1) is 11.3. The number of hydrogen-bond acceptors (Lipinski definition) is 2. The summed E-state index contributed by atoms with van der Waals surface area (Å²) in [5, 5.41) is 2.38. The molecule has 0 aliphatic heterocycles. The highest BCUT2D eigenvalue weighted by atomic mass is 19.4. The lowest BCUT2D eigenvalue weighted by Crippen LogP contribution is -2.46. The quantitative estimate of drug-likeness (QED) is 0.881. The van der Waals surface area contributed by atoms with Crippen molar-refractivity contribution in [3.05, 3.63) is 71.3 Å². The van der Waals surface area contributed by atoms with E-state index < -0.39 is 29.6 Å². The van der Waals surface area contributed by atoms with Crippen LogP contribution in [0, 0.1) is 0 Å². The zero-order chi connectivity index (χ0) is 17.7. The minimum Gasteiger partial charge on any atom is -0.368 e. The van der Waals surface area contributed by atoms with E-state index in [1.807, 2.05) is 0 Å². The molecule has 2 rings (SSSR count). The van der Waals surface area contributed by atoms with Crippen LogP contribution in [-0.2, 0) is 17.4 Å². The summed E-state index contributed by atoms with van der Waals surface area (Å²) in [6.07, 6.45) is -4.90. The van der Waals surface area contributed by atoms with Crippen LogP contribution in [-0.4, -0.2) is 17.9 Å². The number of nitrogens with one attached hydrogen (secondary N) is 1. The topological polar surface area (TPSA) is 72.2 Å². The molecule has 0 aromatic heterocycles. The fourth-order valence-electron chi connectivity index (χ4n) is 2.25. The molecule has 0 bridgehead atoms. The number of halogens is 3. The summed E-state index contributed by atoms with van der Waals surface area (Å²) in [4.78, 5) is 23.6. The minimum atomic E-state index is -4.55. The summed E-state index contributed by atoms with van der Waals surface area (Å²) in [5.41, 5.74) is 4.55. The van der Waals surface area contributed by atoms with Crippen LogP contribution in [0.1, 0.15) is 21.5 Å². The summed E-state index contributed by atoms with van der Waals surface area (Å²) >= 11 is 0. The minimum absolute atomic E-state index is 0.109. The summed E-state index contributed by atoms with van der Waals surface area (Å²) in [6.45, 7) is 0. The van der Waals surface area contributed by atoms with E-state index in [-0.39, 0.29) is 17.5 Å². The van der Waals surface area contributed by atoms with E-state index in [9.17, 15) is 22.8 Å². The maximum atomic E-state index is 13.0. The molecule has 0 radical (unpaired) electrons. The van der Waals surface area contributed by atoms with E-state index in [4.69, 9.17) is 5.73 Å². The van der Waals surface area contributed by atoms with Gasteiger partial charge in [-0.15, -0.1) is 0 Å². The SMILES string of the molecule is NC(=O)[C@H](Cc1ccccc1C(F)(F)F)NC(=O)c1ccccc1. The fourth-order valence-corrected chi connectivity index (χ4v) is 2.25. The van der Waals surface area contributed by atoms with E-state index in [1.165, 1.54) is 30.3 Å². The molecule has 0 fully saturated rings. The van der Waals surface area contributed by atoms with Crippen molar-refractivity contribution >= 4 is 11.8 Å². The third-order valence-electron chi connectivity index (χ3n) is 3.43. The highest BCUT2D eigenvalue weighted by Gasteiger charge is 2.34. The maximum Gasteiger partial charge on any atom is 0.416 e. The molecule has 2 amide bonds. The number of carbonyl (C=O) groups excluding carboxylic acids is 2. The van der Waals surface area contributed by atoms with Crippen molar-refractivity contribution in [1.29, 1.82) is 0 Å². The Hall–Kier alpha value is -2.83. The van der Waals surface area contributed by atoms with Gasteiger partial charge in [-0.3, -0.25) is 9.59 Å². The molecular weight excluding hydrogens is 321 g/mol. The number of carbonyl (C=O) groups is 2. The predicted molar refractivity (Wildman–Crippen MR) is 82.0 cm³/mol. The van der Waals surface area contributed by atoms with Crippen LogP contribution in [0.25, 0.3) is 0 Å². The monoisotopic (exact) mass is 336 g/mol. The van der Waals surface area contributed by atoms with Gasteiger partial charge in [0.2, 0.25) is 5.91 Å². The summed E-state index contributed by atoms with van der Waals surface area (Å²) in [5.74, 6) is -1.49. The van der Waals surface area contributed by atoms with Gasteiger partial charge in [0.25, 0.3) is 5.91 Å². The zero-order valence-corrected chi connectivity index (χ0v) is 12.5. The van der Waals surface area contributed by atoms with Crippen LogP contribution in [0.5, 0.6) is 0 Å². The van der Waals surface area contributed by atoms with Gasteiger partial charge in [0, 0.05) is 12.0 Å². The lowest BCUT2D eigenvalue weighted by Gasteiger charge is -2.18. The van der Waals surface area contributed by atoms with Crippen LogP contribution in [0.4, 0.5) is 13.2 Å². The summed E-state index contributed by atoms with van der Waals surface area (Å²) in [6, 6.07) is 11.6. The Kier molecular flexibility index (Phi) is 5.23. The molecule has 2 aromatic rings. The maximum absolute atomic E-state index is 13.0. The average Bonchev–Trinajstić information content (AvgIpc) is 2.54. The molecule has 0 spiro atoms. The van der Waals surface area contributed by atoms with Crippen molar-refractivity contribution in [2.45, 2.75) is 18.6 Å². The molecule has 4 nitrogen and oxygen atoms in total. The second kappa shape index (κ2) is 7.16. The number of alkyl halides is 3. The second-order valence-electron chi connectivity index (χ2n) is 5.15. The molecule has 0 aliphatic carbocycles. The van der Waals surface area contributed by atoms with E-state index >= 15 is 0 Å². The smallest absolute Gasteiger partial charge is 0.368 e. The molecule has 0 saturated heterocycles. The van der Waals surface area contributed by atoms with Crippen molar-refractivity contribution in [3.63, 3.8) is 0 Å². The van der Waals surface area contributed by atoms with E-state index in [0.717, 1.165) is 6.07 Å². The fraction of sp³-hybridized carbons (Fsp3) is 0.176. The standard InChI is InChI=1S/C17H15F3N2O2/c18-17(19,20)13-9-5-4-8-12(13)10-14(15(21)23)22-16(24)11-6-2-1-3-7-11/h1-9,14H,10H2,(H2,21,23)(H,22,24)/t14-/m0/s1. The van der Waals surface area contributed by atoms with Gasteiger partial charge in [-0.25, -0.2) is 0 Å². The van der Waals surface area contributed by atoms with Crippen LogP contribution in [0.15, 0.2) is 54.6 Å². The van der Waals surface area contributed by atoms with Crippen molar-refractivity contribution in [2.75, 3.05) is 0 Å². The third-order valence-corrected chi connectivity index (χ3v) is 3.43. The number of primary amides is 1. The van der Waals surface area contributed by atoms with Gasteiger partial charge in [-0.2, -0.15) is 13.2 Å². The number of benzene rings is 2. The number of hydrogen-bond donors (Lipinski definition) is 2. The Morgan fingerprint density at radius 2 is 1.58 bits per heavy atom. The van der Waals surface area contributed by atoms with E-state index in [0.29, 0.717) is 0 Å². The van der Waals surface area contributed by atoms with Crippen LogP contribution >= 0.6 is 0 Å². The van der Waals surface area contributed by atoms with Gasteiger partial charge >= 0.3 is 6.18 Å². The van der Waals surface area contributed by atoms with Gasteiger partial charge in [-0.1, -0.05) is 36.4 Å². The number of nitrogens with two attached hydrogens (primary N) is 1.